The van der Waals surface area contributed by atoms with E-state index in [0.717, 1.165) is 23.8 Å². The number of benzene rings is 3. The van der Waals surface area contributed by atoms with Crippen LogP contribution < -0.4 is 0 Å². The Morgan fingerprint density at radius 2 is 1.58 bits per heavy atom. The van der Waals surface area contributed by atoms with Gasteiger partial charge in [-0.2, -0.15) is 0 Å². The van der Waals surface area contributed by atoms with E-state index in [0.29, 0.717) is 17.0 Å². The van der Waals surface area contributed by atoms with Crippen LogP contribution in [0.4, 0.5) is 0 Å². The van der Waals surface area contributed by atoms with Crippen molar-refractivity contribution in [3.63, 3.8) is 0 Å². The maximum absolute atomic E-state index is 12.5. The second-order valence-electron chi connectivity index (χ2n) is 8.40. The molecule has 0 spiro atoms. The van der Waals surface area contributed by atoms with Gasteiger partial charge < -0.3 is 9.25 Å². The molecule has 31 heavy (non-hydrogen) atoms. The Kier molecular flexibility index (Phi) is 4.91. The largest absolute Gasteiger partial charge is 0.455 e. The van der Waals surface area contributed by atoms with E-state index in [2.05, 4.69) is 36.3 Å². The molecular weight excluding hydrogens is 386 g/mol. The highest BCUT2D eigenvalue weighted by Gasteiger charge is 2.45. The highest BCUT2D eigenvalue weighted by Crippen LogP contribution is 2.49. The van der Waals surface area contributed by atoms with Gasteiger partial charge in [0.05, 0.1) is 5.56 Å². The van der Waals surface area contributed by atoms with Crippen molar-refractivity contribution in [2.75, 3.05) is 0 Å². The third-order valence-corrected chi connectivity index (χ3v) is 6.17. The van der Waals surface area contributed by atoms with E-state index in [-0.39, 0.29) is 11.3 Å². The molecule has 1 aliphatic rings. The molecule has 4 nitrogen and oxygen atoms in total. The summed E-state index contributed by atoms with van der Waals surface area (Å²) in [6.45, 7) is 2.27. The summed E-state index contributed by atoms with van der Waals surface area (Å²) < 4.78 is 6.08. The lowest BCUT2D eigenvalue weighted by Crippen LogP contribution is -2.42. The van der Waals surface area contributed by atoms with Crippen LogP contribution in [0.3, 0.4) is 0 Å². The topological polar surface area (TPSA) is 51.8 Å². The first kappa shape index (κ1) is 19.3. The molecule has 1 heterocycles. The van der Waals surface area contributed by atoms with Crippen LogP contribution in [-0.4, -0.2) is 11.7 Å². The fraction of sp³-hybridized carbons (Fsp3) is 0.185. The van der Waals surface area contributed by atoms with Crippen LogP contribution in [0, 0.1) is 5.92 Å². The third-order valence-electron chi connectivity index (χ3n) is 6.17. The molecule has 1 aromatic heterocycles. The van der Waals surface area contributed by atoms with Crippen LogP contribution in [0.5, 0.6) is 0 Å². The third kappa shape index (κ3) is 3.77. The second kappa shape index (κ2) is 7.88. The molecule has 1 fully saturated rings. The fourth-order valence-corrected chi connectivity index (χ4v) is 4.44. The molecule has 0 amide bonds. The summed E-state index contributed by atoms with van der Waals surface area (Å²) in [4.78, 5) is 17.8. The predicted octanol–water partition coefficient (Wildman–Crippen LogP) is 6.36. The van der Waals surface area contributed by atoms with Crippen molar-refractivity contribution in [3.05, 3.63) is 108 Å². The SMILES string of the molecule is CC1(c2ccccc2)CC(C(=NOC(=O)c2ccccc2)c2cc3ccccc3o2)C1. The number of hydrogen-bond donors (Lipinski definition) is 0. The molecule has 0 atom stereocenters. The molecule has 0 unspecified atom stereocenters. The highest BCUT2D eigenvalue weighted by atomic mass is 16.7. The van der Waals surface area contributed by atoms with Crippen molar-refractivity contribution in [3.8, 4) is 0 Å². The standard InChI is InChI=1S/C27H23NO3/c1-27(22-13-6-3-7-14-22)17-21(18-27)25(24-16-20-12-8-9-15-23(20)30-24)28-31-26(29)19-10-4-2-5-11-19/h2-16,21H,17-18H2,1H3. The van der Waals surface area contributed by atoms with Gasteiger partial charge in [0.2, 0.25) is 0 Å². The molecule has 0 saturated heterocycles. The minimum Gasteiger partial charge on any atom is -0.455 e. The predicted molar refractivity (Wildman–Crippen MR) is 121 cm³/mol. The van der Waals surface area contributed by atoms with Crippen LogP contribution in [-0.2, 0) is 10.3 Å². The number of nitrogens with zero attached hydrogens (tertiary/aromatic N) is 1. The van der Waals surface area contributed by atoms with Gasteiger partial charge >= 0.3 is 5.97 Å². The maximum Gasteiger partial charge on any atom is 0.365 e. The average Bonchev–Trinajstić information content (AvgIpc) is 3.23. The number of para-hydroxylation sites is 1. The van der Waals surface area contributed by atoms with Crippen molar-refractivity contribution in [1.82, 2.24) is 0 Å². The van der Waals surface area contributed by atoms with Gasteiger partial charge in [0.1, 0.15) is 11.3 Å². The lowest BCUT2D eigenvalue weighted by atomic mass is 9.58. The maximum atomic E-state index is 12.5. The fourth-order valence-electron chi connectivity index (χ4n) is 4.44. The zero-order valence-electron chi connectivity index (χ0n) is 17.3. The molecular formula is C27H23NO3. The van der Waals surface area contributed by atoms with Crippen LogP contribution in [0.2, 0.25) is 0 Å². The molecule has 0 bridgehead atoms. The average molecular weight is 409 g/mol. The van der Waals surface area contributed by atoms with Crippen LogP contribution in [0.25, 0.3) is 11.0 Å². The summed E-state index contributed by atoms with van der Waals surface area (Å²) >= 11 is 0. The molecule has 0 aliphatic heterocycles. The number of furan rings is 1. The van der Waals surface area contributed by atoms with Crippen molar-refractivity contribution >= 4 is 22.7 Å². The van der Waals surface area contributed by atoms with Crippen LogP contribution >= 0.6 is 0 Å². The normalized spacial score (nSPS) is 20.9. The van der Waals surface area contributed by atoms with E-state index in [9.17, 15) is 4.79 Å². The Balaban J connectivity index is 1.44. The first-order valence-electron chi connectivity index (χ1n) is 10.5. The second-order valence-corrected chi connectivity index (χ2v) is 8.40. The molecule has 1 aliphatic carbocycles. The van der Waals surface area contributed by atoms with Gasteiger partial charge in [0.15, 0.2) is 5.76 Å². The Labute approximate surface area is 181 Å². The van der Waals surface area contributed by atoms with Crippen LogP contribution in [0.15, 0.2) is 101 Å². The number of fused-ring (bicyclic) bond motifs is 1. The van der Waals surface area contributed by atoms with Gasteiger partial charge in [-0.25, -0.2) is 4.79 Å². The Morgan fingerprint density at radius 3 is 2.29 bits per heavy atom. The van der Waals surface area contributed by atoms with E-state index in [1.807, 2.05) is 42.5 Å². The summed E-state index contributed by atoms with van der Waals surface area (Å²) in [6, 6.07) is 29.3. The van der Waals surface area contributed by atoms with E-state index in [4.69, 9.17) is 9.25 Å². The molecule has 5 rings (SSSR count). The number of hydrogen-bond acceptors (Lipinski definition) is 4. The van der Waals surface area contributed by atoms with Crippen molar-refractivity contribution < 1.29 is 14.0 Å². The Bertz CT molecular complexity index is 1200. The Hall–Kier alpha value is -3.66. The number of rotatable bonds is 5. The molecule has 1 saturated carbocycles. The lowest BCUT2D eigenvalue weighted by molar-refractivity contribution is 0.0510. The highest BCUT2D eigenvalue weighted by molar-refractivity contribution is 6.03. The molecule has 3 aromatic carbocycles. The zero-order chi connectivity index (χ0) is 21.3. The first-order chi connectivity index (χ1) is 15.1. The molecule has 4 heteroatoms. The quantitative estimate of drug-likeness (QED) is 0.219. The number of oxime groups is 1. The summed E-state index contributed by atoms with van der Waals surface area (Å²) in [7, 11) is 0. The molecule has 0 radical (unpaired) electrons. The van der Waals surface area contributed by atoms with E-state index in [1.54, 1.807) is 24.3 Å². The van der Waals surface area contributed by atoms with Crippen molar-refractivity contribution in [1.29, 1.82) is 0 Å². The van der Waals surface area contributed by atoms with Gasteiger partial charge in [-0.1, -0.05) is 78.8 Å². The van der Waals surface area contributed by atoms with Crippen LogP contribution in [0.1, 0.15) is 41.4 Å². The zero-order valence-corrected chi connectivity index (χ0v) is 17.3. The number of carbonyl (C=O) groups excluding carboxylic acids is 1. The summed E-state index contributed by atoms with van der Waals surface area (Å²) in [5, 5.41) is 5.32. The molecule has 0 N–H and O–H groups in total. The monoisotopic (exact) mass is 409 g/mol. The van der Waals surface area contributed by atoms with Gasteiger partial charge in [0, 0.05) is 11.3 Å². The van der Waals surface area contributed by atoms with Crippen molar-refractivity contribution in [2.45, 2.75) is 25.2 Å². The minimum atomic E-state index is -0.473. The number of carbonyl (C=O) groups is 1. The first-order valence-corrected chi connectivity index (χ1v) is 10.5. The summed E-state index contributed by atoms with van der Waals surface area (Å²) in [6.07, 6.45) is 1.82. The summed E-state index contributed by atoms with van der Waals surface area (Å²) in [5.41, 5.74) is 3.34. The molecule has 154 valence electrons. The van der Waals surface area contributed by atoms with Gasteiger partial charge in [-0.3, -0.25) is 0 Å². The van der Waals surface area contributed by atoms with Gasteiger partial charge in [-0.05, 0) is 48.1 Å². The van der Waals surface area contributed by atoms with Crippen molar-refractivity contribution in [2.24, 2.45) is 11.1 Å². The van der Waals surface area contributed by atoms with E-state index < -0.39 is 5.97 Å². The van der Waals surface area contributed by atoms with E-state index in [1.165, 1.54) is 5.56 Å². The van der Waals surface area contributed by atoms with Gasteiger partial charge in [-0.15, -0.1) is 0 Å². The molecule has 4 aromatic rings. The minimum absolute atomic E-state index is 0.0716. The summed E-state index contributed by atoms with van der Waals surface area (Å²) in [5.74, 6) is 0.330. The van der Waals surface area contributed by atoms with E-state index >= 15 is 0 Å². The smallest absolute Gasteiger partial charge is 0.365 e. The lowest BCUT2D eigenvalue weighted by Gasteiger charge is -2.45. The van der Waals surface area contributed by atoms with Gasteiger partial charge in [0.25, 0.3) is 0 Å². The Morgan fingerprint density at radius 1 is 0.935 bits per heavy atom.